The lowest BCUT2D eigenvalue weighted by Gasteiger charge is -2.26. The van der Waals surface area contributed by atoms with E-state index < -0.39 is 15.8 Å². The molecule has 2 heterocycles. The van der Waals surface area contributed by atoms with E-state index in [0.29, 0.717) is 49.0 Å². The monoisotopic (exact) mass is 441 g/mol. The maximum atomic E-state index is 13.9. The van der Waals surface area contributed by atoms with Crippen molar-refractivity contribution in [1.82, 2.24) is 4.31 Å². The first kappa shape index (κ1) is 21.2. The molecule has 0 N–H and O–H groups in total. The van der Waals surface area contributed by atoms with E-state index in [1.165, 1.54) is 46.8 Å². The highest BCUT2D eigenvalue weighted by atomic mass is 32.2. The Morgan fingerprint density at radius 3 is 2.39 bits per heavy atom. The van der Waals surface area contributed by atoms with Gasteiger partial charge in [0.05, 0.1) is 23.7 Å². The Kier molecular flexibility index (Phi) is 6.13. The minimum atomic E-state index is -3.61. The van der Waals surface area contributed by atoms with E-state index in [-0.39, 0.29) is 10.7 Å². The fourth-order valence-electron chi connectivity index (χ4n) is 3.23. The molecular weight excluding hydrogens is 421 g/mol. The van der Waals surface area contributed by atoms with Crippen LogP contribution >= 0.6 is 0 Å². The van der Waals surface area contributed by atoms with Gasteiger partial charge in [-0.1, -0.05) is 12.1 Å². The number of carbonyl (C=O) groups is 1. The Balaban J connectivity index is 1.46. The number of nitrogens with zero attached hydrogens (tertiary/aromatic N) is 1. The third-order valence-electron chi connectivity index (χ3n) is 4.91. The molecule has 3 aromatic rings. The number of furan rings is 1. The molecule has 0 radical (unpaired) electrons. The molecule has 0 spiro atoms. The van der Waals surface area contributed by atoms with E-state index in [1.54, 1.807) is 30.3 Å². The molecule has 0 aliphatic carbocycles. The molecule has 6 nitrogen and oxygen atoms in total. The number of carbonyl (C=O) groups excluding carboxylic acids is 1. The standard InChI is InChI=1S/C23H20FNO5S/c24-21-4-2-1-3-20(21)23-12-8-18(30-23)7-11-22(26)17-5-9-19(10-6-17)31(27,28)25-13-15-29-16-14-25/h1-12H,13-16H2. The Morgan fingerprint density at radius 2 is 1.68 bits per heavy atom. The van der Waals surface area contributed by atoms with Crippen LogP contribution < -0.4 is 0 Å². The Hall–Kier alpha value is -3.07. The maximum absolute atomic E-state index is 13.9. The van der Waals surface area contributed by atoms with Crippen LogP contribution in [0.15, 0.2) is 76.1 Å². The van der Waals surface area contributed by atoms with Crippen molar-refractivity contribution >= 4 is 21.9 Å². The quantitative estimate of drug-likeness (QED) is 0.427. The van der Waals surface area contributed by atoms with Gasteiger partial charge in [0.2, 0.25) is 10.0 Å². The van der Waals surface area contributed by atoms with Gasteiger partial charge in [-0.05, 0) is 60.7 Å². The number of ether oxygens (including phenoxy) is 1. The van der Waals surface area contributed by atoms with Crippen molar-refractivity contribution in [3.8, 4) is 11.3 Å². The lowest BCUT2D eigenvalue weighted by atomic mass is 10.1. The first-order valence-corrected chi connectivity index (χ1v) is 11.1. The first-order valence-electron chi connectivity index (χ1n) is 9.70. The maximum Gasteiger partial charge on any atom is 0.243 e. The van der Waals surface area contributed by atoms with Crippen molar-refractivity contribution in [3.05, 3.63) is 83.9 Å². The third kappa shape index (κ3) is 4.66. The number of hydrogen-bond acceptors (Lipinski definition) is 5. The topological polar surface area (TPSA) is 76.8 Å². The summed E-state index contributed by atoms with van der Waals surface area (Å²) in [5.74, 6) is 0.0655. The van der Waals surface area contributed by atoms with Crippen molar-refractivity contribution in [2.45, 2.75) is 4.90 Å². The van der Waals surface area contributed by atoms with E-state index in [2.05, 4.69) is 0 Å². The normalized spacial score (nSPS) is 15.4. The summed E-state index contributed by atoms with van der Waals surface area (Å²) in [5.41, 5.74) is 0.684. The summed E-state index contributed by atoms with van der Waals surface area (Å²) >= 11 is 0. The van der Waals surface area contributed by atoms with Gasteiger partial charge in [0.25, 0.3) is 0 Å². The molecule has 0 amide bonds. The molecule has 1 fully saturated rings. The second-order valence-corrected chi connectivity index (χ2v) is 8.86. The van der Waals surface area contributed by atoms with Gasteiger partial charge >= 0.3 is 0 Å². The molecule has 1 aliphatic rings. The number of allylic oxidation sites excluding steroid dienone is 1. The molecule has 1 aliphatic heterocycles. The van der Waals surface area contributed by atoms with Gasteiger partial charge in [-0.2, -0.15) is 4.31 Å². The van der Waals surface area contributed by atoms with E-state index in [9.17, 15) is 17.6 Å². The van der Waals surface area contributed by atoms with E-state index in [4.69, 9.17) is 9.15 Å². The van der Waals surface area contributed by atoms with Crippen LogP contribution in [0.5, 0.6) is 0 Å². The fraction of sp³-hybridized carbons (Fsp3) is 0.174. The van der Waals surface area contributed by atoms with Gasteiger partial charge in [-0.3, -0.25) is 4.79 Å². The Bertz CT molecular complexity index is 1210. The summed E-state index contributed by atoms with van der Waals surface area (Å²) in [6.07, 6.45) is 2.82. The van der Waals surface area contributed by atoms with Gasteiger partial charge < -0.3 is 9.15 Å². The van der Waals surface area contributed by atoms with Crippen LogP contribution in [0.3, 0.4) is 0 Å². The smallest absolute Gasteiger partial charge is 0.243 e. The molecular formula is C23H20FNO5S. The molecule has 160 valence electrons. The van der Waals surface area contributed by atoms with E-state index in [0.717, 1.165) is 0 Å². The van der Waals surface area contributed by atoms with Crippen molar-refractivity contribution in [2.75, 3.05) is 26.3 Å². The second kappa shape index (κ2) is 8.97. The number of halogens is 1. The zero-order valence-corrected chi connectivity index (χ0v) is 17.3. The van der Waals surface area contributed by atoms with Crippen LogP contribution in [0.1, 0.15) is 16.1 Å². The van der Waals surface area contributed by atoms with Gasteiger partial charge in [0.1, 0.15) is 17.3 Å². The number of ketones is 1. The predicted octanol–water partition coefficient (Wildman–Crippen LogP) is 4.00. The van der Waals surface area contributed by atoms with Gasteiger partial charge in [-0.25, -0.2) is 12.8 Å². The highest BCUT2D eigenvalue weighted by Crippen LogP contribution is 2.25. The van der Waals surface area contributed by atoms with Crippen molar-refractivity contribution in [1.29, 1.82) is 0 Å². The molecule has 8 heteroatoms. The Labute approximate surface area is 179 Å². The molecule has 0 saturated carbocycles. The fourth-order valence-corrected chi connectivity index (χ4v) is 4.64. The molecule has 0 unspecified atom stereocenters. The SMILES string of the molecule is O=C(C=Cc1ccc(-c2ccccc2F)o1)c1ccc(S(=O)(=O)N2CCOCC2)cc1. The molecule has 2 aromatic carbocycles. The lowest BCUT2D eigenvalue weighted by molar-refractivity contribution is 0.0730. The van der Waals surface area contributed by atoms with Crippen LogP contribution in [0, 0.1) is 5.82 Å². The summed E-state index contributed by atoms with van der Waals surface area (Å²) in [4.78, 5) is 12.6. The van der Waals surface area contributed by atoms with Crippen LogP contribution in [-0.2, 0) is 14.8 Å². The van der Waals surface area contributed by atoms with Crippen molar-refractivity contribution in [2.24, 2.45) is 0 Å². The molecule has 1 aromatic heterocycles. The number of morpholine rings is 1. The minimum absolute atomic E-state index is 0.135. The van der Waals surface area contributed by atoms with Crippen LogP contribution in [0.2, 0.25) is 0 Å². The summed E-state index contributed by atoms with van der Waals surface area (Å²) < 4.78 is 51.3. The number of sulfonamides is 1. The second-order valence-electron chi connectivity index (χ2n) is 6.92. The highest BCUT2D eigenvalue weighted by molar-refractivity contribution is 7.89. The van der Waals surface area contributed by atoms with Crippen molar-refractivity contribution in [3.63, 3.8) is 0 Å². The largest absolute Gasteiger partial charge is 0.457 e. The predicted molar refractivity (Wildman–Crippen MR) is 113 cm³/mol. The molecule has 31 heavy (non-hydrogen) atoms. The van der Waals surface area contributed by atoms with E-state index in [1.807, 2.05) is 0 Å². The average molecular weight is 441 g/mol. The minimum Gasteiger partial charge on any atom is -0.457 e. The number of hydrogen-bond donors (Lipinski definition) is 0. The summed E-state index contributed by atoms with van der Waals surface area (Å²) in [5, 5.41) is 0. The molecule has 0 bridgehead atoms. The Morgan fingerprint density at radius 1 is 0.968 bits per heavy atom. The zero-order valence-electron chi connectivity index (χ0n) is 16.5. The average Bonchev–Trinajstić information content (AvgIpc) is 3.27. The summed E-state index contributed by atoms with van der Waals surface area (Å²) in [6.45, 7) is 1.35. The van der Waals surface area contributed by atoms with Crippen molar-refractivity contribution < 1.29 is 26.8 Å². The number of benzene rings is 2. The first-order chi connectivity index (χ1) is 14.9. The highest BCUT2D eigenvalue weighted by Gasteiger charge is 2.26. The summed E-state index contributed by atoms with van der Waals surface area (Å²) in [7, 11) is -3.61. The van der Waals surface area contributed by atoms with Gasteiger partial charge in [-0.15, -0.1) is 0 Å². The third-order valence-corrected chi connectivity index (χ3v) is 6.82. The molecule has 0 atom stereocenters. The van der Waals surface area contributed by atoms with Gasteiger partial charge in [0, 0.05) is 18.7 Å². The van der Waals surface area contributed by atoms with E-state index >= 15 is 0 Å². The van der Waals surface area contributed by atoms with Crippen LogP contribution in [0.4, 0.5) is 4.39 Å². The molecule has 1 saturated heterocycles. The van der Waals surface area contributed by atoms with Crippen LogP contribution in [0.25, 0.3) is 17.4 Å². The lowest BCUT2D eigenvalue weighted by Crippen LogP contribution is -2.40. The molecule has 4 rings (SSSR count). The zero-order chi connectivity index (χ0) is 21.8. The summed E-state index contributed by atoms with van der Waals surface area (Å²) in [6, 6.07) is 15.3. The van der Waals surface area contributed by atoms with Crippen LogP contribution in [-0.4, -0.2) is 44.8 Å². The number of rotatable bonds is 6. The van der Waals surface area contributed by atoms with Gasteiger partial charge in [0.15, 0.2) is 5.78 Å².